The molecule has 0 bridgehead atoms. The monoisotopic (exact) mass is 289 g/mol. The minimum absolute atomic E-state index is 0.126. The van der Waals surface area contributed by atoms with Gasteiger partial charge in [0.15, 0.2) is 0 Å². The van der Waals surface area contributed by atoms with E-state index < -0.39 is 12.0 Å². The van der Waals surface area contributed by atoms with Gasteiger partial charge in [-0.25, -0.2) is 4.98 Å². The van der Waals surface area contributed by atoms with E-state index in [0.29, 0.717) is 24.5 Å². The Labute approximate surface area is 120 Å². The van der Waals surface area contributed by atoms with Crippen molar-refractivity contribution >= 4 is 17.5 Å². The van der Waals surface area contributed by atoms with Gasteiger partial charge in [0.1, 0.15) is 11.3 Å². The number of ether oxygens (including phenoxy) is 1. The molecule has 1 N–H and O–H groups in total. The van der Waals surface area contributed by atoms with E-state index in [0.717, 1.165) is 0 Å². The van der Waals surface area contributed by atoms with Gasteiger partial charge in [-0.2, -0.15) is 0 Å². The molecule has 2 aromatic rings. The molecular formula is C14H15N3O4. The molecule has 1 fully saturated rings. The van der Waals surface area contributed by atoms with Gasteiger partial charge >= 0.3 is 5.97 Å². The zero-order valence-corrected chi connectivity index (χ0v) is 11.3. The fourth-order valence-corrected chi connectivity index (χ4v) is 2.48. The van der Waals surface area contributed by atoms with Crippen molar-refractivity contribution < 1.29 is 19.4 Å². The number of aliphatic carboxylic acids is 1. The van der Waals surface area contributed by atoms with Gasteiger partial charge in [-0.3, -0.25) is 9.59 Å². The van der Waals surface area contributed by atoms with Gasteiger partial charge in [-0.05, 0) is 12.1 Å². The quantitative estimate of drug-likeness (QED) is 0.897. The number of morpholine rings is 1. The number of carbonyl (C=O) groups excluding carboxylic acids is 1. The molecule has 0 saturated carbocycles. The highest BCUT2D eigenvalue weighted by molar-refractivity contribution is 5.93. The van der Waals surface area contributed by atoms with Crippen LogP contribution in [0.5, 0.6) is 0 Å². The fraction of sp³-hybridized carbons (Fsp3) is 0.357. The van der Waals surface area contributed by atoms with E-state index in [9.17, 15) is 9.59 Å². The van der Waals surface area contributed by atoms with Crippen molar-refractivity contribution in [2.75, 3.05) is 19.8 Å². The lowest BCUT2D eigenvalue weighted by molar-refractivity contribution is -0.139. The van der Waals surface area contributed by atoms with Crippen LogP contribution >= 0.6 is 0 Å². The molecule has 0 aromatic carbocycles. The third kappa shape index (κ3) is 2.73. The second kappa shape index (κ2) is 5.53. The smallest absolute Gasteiger partial charge is 0.305 e. The van der Waals surface area contributed by atoms with E-state index in [1.807, 2.05) is 24.4 Å². The molecule has 1 amide bonds. The number of carboxylic acids is 1. The summed E-state index contributed by atoms with van der Waals surface area (Å²) < 4.78 is 7.04. The molecule has 3 rings (SSSR count). The van der Waals surface area contributed by atoms with Gasteiger partial charge in [-0.15, -0.1) is 0 Å². The Balaban J connectivity index is 1.86. The maximum Gasteiger partial charge on any atom is 0.305 e. The van der Waals surface area contributed by atoms with Crippen molar-refractivity contribution in [1.29, 1.82) is 0 Å². The first-order valence-corrected chi connectivity index (χ1v) is 6.69. The number of amides is 1. The van der Waals surface area contributed by atoms with Crippen molar-refractivity contribution in [3.63, 3.8) is 0 Å². The average Bonchev–Trinajstić information content (AvgIpc) is 2.90. The van der Waals surface area contributed by atoms with Crippen LogP contribution in [0.2, 0.25) is 0 Å². The lowest BCUT2D eigenvalue weighted by Gasteiger charge is -2.34. The number of carboxylic acid groups (broad SMARTS) is 1. The second-order valence-electron chi connectivity index (χ2n) is 4.92. The maximum atomic E-state index is 12.6. The van der Waals surface area contributed by atoms with Crippen molar-refractivity contribution in [3.05, 3.63) is 36.3 Å². The zero-order valence-electron chi connectivity index (χ0n) is 11.3. The Hall–Kier alpha value is -2.41. The molecule has 3 heterocycles. The van der Waals surface area contributed by atoms with Crippen LogP contribution in [0.3, 0.4) is 0 Å². The number of imidazole rings is 1. The van der Waals surface area contributed by atoms with Crippen molar-refractivity contribution in [3.8, 4) is 0 Å². The summed E-state index contributed by atoms with van der Waals surface area (Å²) in [5, 5.41) is 8.94. The highest BCUT2D eigenvalue weighted by atomic mass is 16.5. The van der Waals surface area contributed by atoms with Gasteiger partial charge in [0.05, 0.1) is 25.7 Å². The van der Waals surface area contributed by atoms with E-state index in [1.54, 1.807) is 15.5 Å². The highest BCUT2D eigenvalue weighted by Gasteiger charge is 2.30. The second-order valence-corrected chi connectivity index (χ2v) is 4.92. The van der Waals surface area contributed by atoms with Crippen molar-refractivity contribution in [1.82, 2.24) is 14.3 Å². The Morgan fingerprint density at radius 1 is 1.43 bits per heavy atom. The van der Waals surface area contributed by atoms with Crippen molar-refractivity contribution in [2.45, 2.75) is 12.5 Å². The minimum atomic E-state index is -0.946. The van der Waals surface area contributed by atoms with E-state index >= 15 is 0 Å². The number of rotatable bonds is 3. The first-order chi connectivity index (χ1) is 10.1. The Kier molecular flexibility index (Phi) is 3.57. The Bertz CT molecular complexity index is 649. The van der Waals surface area contributed by atoms with Gasteiger partial charge in [-0.1, -0.05) is 6.07 Å². The van der Waals surface area contributed by atoms with Gasteiger partial charge in [0.2, 0.25) is 0 Å². The van der Waals surface area contributed by atoms with Crippen LogP contribution < -0.4 is 0 Å². The average molecular weight is 289 g/mol. The van der Waals surface area contributed by atoms with Crippen LogP contribution in [-0.2, 0) is 9.53 Å². The van der Waals surface area contributed by atoms with Gasteiger partial charge in [0, 0.05) is 18.9 Å². The molecule has 1 aliphatic heterocycles. The molecule has 7 nitrogen and oxygen atoms in total. The fourth-order valence-electron chi connectivity index (χ4n) is 2.48. The number of pyridine rings is 1. The number of hydrogen-bond donors (Lipinski definition) is 1. The standard InChI is InChI=1S/C14H15N3O4/c18-13(19)7-10-9-21-6-5-17(10)14(20)11-8-16-4-2-1-3-12(16)15-11/h1-4,8,10H,5-7,9H2,(H,18,19)/t10-/m0/s1. The summed E-state index contributed by atoms with van der Waals surface area (Å²) in [5.74, 6) is -1.20. The van der Waals surface area contributed by atoms with Crippen LogP contribution in [-0.4, -0.2) is 57.1 Å². The predicted molar refractivity (Wildman–Crippen MR) is 73.1 cm³/mol. The molecule has 1 aliphatic rings. The maximum absolute atomic E-state index is 12.6. The molecule has 110 valence electrons. The SMILES string of the molecule is O=C(O)C[C@H]1COCCN1C(=O)c1cn2ccccc2n1. The van der Waals surface area contributed by atoms with Gasteiger partial charge < -0.3 is 19.1 Å². The Morgan fingerprint density at radius 2 is 2.29 bits per heavy atom. The number of nitrogens with zero attached hydrogens (tertiary/aromatic N) is 3. The topological polar surface area (TPSA) is 84.1 Å². The van der Waals surface area contributed by atoms with E-state index in [4.69, 9.17) is 9.84 Å². The van der Waals surface area contributed by atoms with Crippen LogP contribution in [0.25, 0.3) is 5.65 Å². The molecule has 1 saturated heterocycles. The minimum Gasteiger partial charge on any atom is -0.481 e. The highest BCUT2D eigenvalue weighted by Crippen LogP contribution is 2.15. The first kappa shape index (κ1) is 13.6. The Morgan fingerprint density at radius 3 is 3.05 bits per heavy atom. The number of carbonyl (C=O) groups is 2. The van der Waals surface area contributed by atoms with Crippen molar-refractivity contribution in [2.24, 2.45) is 0 Å². The third-order valence-corrected chi connectivity index (χ3v) is 3.48. The largest absolute Gasteiger partial charge is 0.481 e. The summed E-state index contributed by atoms with van der Waals surface area (Å²) in [6.45, 7) is 1.03. The van der Waals surface area contributed by atoms with Crippen LogP contribution in [0, 0.1) is 0 Å². The summed E-state index contributed by atoms with van der Waals surface area (Å²) in [7, 11) is 0. The molecular weight excluding hydrogens is 274 g/mol. The molecule has 1 atom stereocenters. The third-order valence-electron chi connectivity index (χ3n) is 3.48. The first-order valence-electron chi connectivity index (χ1n) is 6.69. The van der Waals surface area contributed by atoms with Gasteiger partial charge in [0.25, 0.3) is 5.91 Å². The molecule has 2 aromatic heterocycles. The summed E-state index contributed by atoms with van der Waals surface area (Å²) in [6, 6.07) is 5.06. The zero-order chi connectivity index (χ0) is 14.8. The number of fused-ring (bicyclic) bond motifs is 1. The molecule has 0 spiro atoms. The normalized spacial score (nSPS) is 18.9. The molecule has 0 unspecified atom stereocenters. The lowest BCUT2D eigenvalue weighted by atomic mass is 10.1. The molecule has 0 aliphatic carbocycles. The molecule has 7 heteroatoms. The summed E-state index contributed by atoms with van der Waals surface area (Å²) in [5.41, 5.74) is 1.00. The number of hydrogen-bond acceptors (Lipinski definition) is 4. The summed E-state index contributed by atoms with van der Waals surface area (Å²) >= 11 is 0. The van der Waals surface area contributed by atoms with Crippen LogP contribution in [0.1, 0.15) is 16.9 Å². The van der Waals surface area contributed by atoms with E-state index in [-0.39, 0.29) is 18.9 Å². The molecule has 0 radical (unpaired) electrons. The predicted octanol–water partition coefficient (Wildman–Crippen LogP) is 0.650. The summed E-state index contributed by atoms with van der Waals surface area (Å²) in [6.07, 6.45) is 3.34. The van der Waals surface area contributed by atoms with Crippen LogP contribution in [0.15, 0.2) is 30.6 Å². The van der Waals surface area contributed by atoms with E-state index in [1.165, 1.54) is 0 Å². The van der Waals surface area contributed by atoms with E-state index in [2.05, 4.69) is 4.98 Å². The number of aromatic nitrogens is 2. The summed E-state index contributed by atoms with van der Waals surface area (Å²) in [4.78, 5) is 29.3. The van der Waals surface area contributed by atoms with Crippen LogP contribution in [0.4, 0.5) is 0 Å². The molecule has 21 heavy (non-hydrogen) atoms. The lowest BCUT2D eigenvalue weighted by Crippen LogP contribution is -2.49.